The van der Waals surface area contributed by atoms with Crippen LogP contribution in [0.5, 0.6) is 0 Å². The minimum atomic E-state index is -0.976. The molecule has 1 aliphatic rings. The minimum Gasteiger partial charge on any atom is -0.477 e. The van der Waals surface area contributed by atoms with Gasteiger partial charge in [0.1, 0.15) is 0 Å². The van der Waals surface area contributed by atoms with E-state index in [4.69, 9.17) is 9.84 Å². The number of nitrogens with zero attached hydrogens (tertiary/aromatic N) is 2. The third-order valence-electron chi connectivity index (χ3n) is 3.13. The Morgan fingerprint density at radius 2 is 2.37 bits per heavy atom. The maximum atomic E-state index is 11.1. The van der Waals surface area contributed by atoms with Crippen LogP contribution < -0.4 is 0 Å². The fourth-order valence-electron chi connectivity index (χ4n) is 2.71. The molecule has 0 amide bonds. The molecule has 5 nitrogen and oxygen atoms in total. The van der Waals surface area contributed by atoms with Crippen molar-refractivity contribution >= 4 is 5.97 Å². The van der Waals surface area contributed by atoms with Gasteiger partial charge in [-0.05, 0) is 32.4 Å². The van der Waals surface area contributed by atoms with Crippen molar-refractivity contribution in [3.63, 3.8) is 0 Å². The Bertz CT molecular complexity index is 474. The second-order valence-electron chi connectivity index (χ2n) is 5.67. The van der Waals surface area contributed by atoms with Gasteiger partial charge in [-0.25, -0.2) is 9.78 Å². The molecule has 0 saturated carbocycles. The Hall–Kier alpha value is -1.46. The average Bonchev–Trinajstić information content (AvgIpc) is 2.26. The maximum Gasteiger partial charge on any atom is 0.354 e. The molecule has 1 N–H and O–H groups in total. The number of ether oxygens (including phenoxy) is 1. The number of pyridine rings is 1. The van der Waals surface area contributed by atoms with Gasteiger partial charge in [-0.15, -0.1) is 0 Å². The van der Waals surface area contributed by atoms with Gasteiger partial charge in [0.2, 0.25) is 0 Å². The molecular weight excluding hydrogens is 244 g/mol. The molecule has 104 valence electrons. The van der Waals surface area contributed by atoms with Gasteiger partial charge in [0.25, 0.3) is 0 Å². The number of hydrogen-bond donors (Lipinski definition) is 1. The van der Waals surface area contributed by atoms with Crippen LogP contribution in [0.25, 0.3) is 0 Å². The van der Waals surface area contributed by atoms with E-state index >= 15 is 0 Å². The largest absolute Gasteiger partial charge is 0.477 e. The molecule has 1 atom stereocenters. The molecular formula is C14H20N2O3. The highest BCUT2D eigenvalue weighted by atomic mass is 16.5. The molecule has 2 rings (SSSR count). The van der Waals surface area contributed by atoms with Crippen LogP contribution in [0.1, 0.15) is 36.8 Å². The summed E-state index contributed by atoms with van der Waals surface area (Å²) in [5.74, 6) is -0.976. The molecule has 0 radical (unpaired) electrons. The first-order valence-corrected chi connectivity index (χ1v) is 6.45. The lowest BCUT2D eigenvalue weighted by atomic mass is 10.0. The molecule has 0 bridgehead atoms. The van der Waals surface area contributed by atoms with E-state index in [2.05, 4.69) is 23.7 Å². The molecule has 1 aromatic rings. The summed E-state index contributed by atoms with van der Waals surface area (Å²) in [5.41, 5.74) is 0.683. The van der Waals surface area contributed by atoms with Crippen molar-refractivity contribution in [3.8, 4) is 0 Å². The second-order valence-corrected chi connectivity index (χ2v) is 5.67. The number of hydrogen-bond acceptors (Lipinski definition) is 4. The summed E-state index contributed by atoms with van der Waals surface area (Å²) in [7, 11) is 0. The second kappa shape index (κ2) is 5.27. The van der Waals surface area contributed by atoms with E-state index in [1.165, 1.54) is 6.20 Å². The van der Waals surface area contributed by atoms with Crippen LogP contribution in [0.15, 0.2) is 18.3 Å². The normalized spacial score (nSPS) is 23.2. The van der Waals surface area contributed by atoms with Crippen LogP contribution >= 0.6 is 0 Å². The van der Waals surface area contributed by atoms with Crippen molar-refractivity contribution in [2.45, 2.75) is 39.0 Å². The zero-order valence-electron chi connectivity index (χ0n) is 11.6. The maximum absolute atomic E-state index is 11.1. The molecule has 1 unspecified atom stereocenters. The standard InChI is InChI=1S/C14H20N2O3/c1-10-7-16(9-14(2,3)19-10)8-11-5-4-6-15-12(11)13(17)18/h4-6,10H,7-9H2,1-3H3,(H,17,18). The number of carbonyl (C=O) groups is 1. The van der Waals surface area contributed by atoms with Crippen molar-refractivity contribution < 1.29 is 14.6 Å². The van der Waals surface area contributed by atoms with Gasteiger partial charge in [-0.1, -0.05) is 6.07 Å². The highest BCUT2D eigenvalue weighted by Gasteiger charge is 2.31. The first-order valence-electron chi connectivity index (χ1n) is 6.45. The van der Waals surface area contributed by atoms with Gasteiger partial charge in [0, 0.05) is 25.8 Å². The van der Waals surface area contributed by atoms with E-state index in [-0.39, 0.29) is 17.4 Å². The quantitative estimate of drug-likeness (QED) is 0.901. The molecule has 1 aromatic heterocycles. The van der Waals surface area contributed by atoms with Crippen LogP contribution in [0.4, 0.5) is 0 Å². The van der Waals surface area contributed by atoms with Crippen molar-refractivity contribution in [2.75, 3.05) is 13.1 Å². The van der Waals surface area contributed by atoms with Crippen LogP contribution in [0.3, 0.4) is 0 Å². The third-order valence-corrected chi connectivity index (χ3v) is 3.13. The van der Waals surface area contributed by atoms with Gasteiger partial charge in [0.15, 0.2) is 5.69 Å². The molecule has 1 aliphatic heterocycles. The van der Waals surface area contributed by atoms with Gasteiger partial charge in [0.05, 0.1) is 11.7 Å². The Labute approximate surface area is 113 Å². The van der Waals surface area contributed by atoms with Gasteiger partial charge < -0.3 is 9.84 Å². The highest BCUT2D eigenvalue weighted by molar-refractivity contribution is 5.86. The van der Waals surface area contributed by atoms with E-state index in [1.54, 1.807) is 6.07 Å². The average molecular weight is 264 g/mol. The number of aromatic carboxylic acids is 1. The Kier molecular flexibility index (Phi) is 3.87. The van der Waals surface area contributed by atoms with Crippen molar-refractivity contribution in [3.05, 3.63) is 29.6 Å². The fourth-order valence-corrected chi connectivity index (χ4v) is 2.71. The predicted octanol–water partition coefficient (Wildman–Crippen LogP) is 1.78. The summed E-state index contributed by atoms with van der Waals surface area (Å²) < 4.78 is 5.85. The SMILES string of the molecule is CC1CN(Cc2cccnc2C(=O)O)CC(C)(C)O1. The highest BCUT2D eigenvalue weighted by Crippen LogP contribution is 2.22. The Morgan fingerprint density at radius 1 is 1.63 bits per heavy atom. The first kappa shape index (κ1) is 14.0. The first-order chi connectivity index (χ1) is 8.87. The van der Waals surface area contributed by atoms with Gasteiger partial charge >= 0.3 is 5.97 Å². The van der Waals surface area contributed by atoms with Gasteiger partial charge in [-0.2, -0.15) is 0 Å². The van der Waals surface area contributed by atoms with Crippen LogP contribution in [-0.2, 0) is 11.3 Å². The van der Waals surface area contributed by atoms with E-state index in [1.807, 2.05) is 13.0 Å². The molecule has 5 heteroatoms. The molecule has 0 aromatic carbocycles. The molecule has 0 spiro atoms. The van der Waals surface area contributed by atoms with E-state index in [9.17, 15) is 4.79 Å². The molecule has 0 aliphatic carbocycles. The molecule has 19 heavy (non-hydrogen) atoms. The summed E-state index contributed by atoms with van der Waals surface area (Å²) in [6, 6.07) is 3.60. The summed E-state index contributed by atoms with van der Waals surface area (Å²) in [4.78, 5) is 17.3. The molecule has 2 heterocycles. The fraction of sp³-hybridized carbons (Fsp3) is 0.571. The summed E-state index contributed by atoms with van der Waals surface area (Å²) in [6.45, 7) is 8.32. The van der Waals surface area contributed by atoms with Gasteiger partial charge in [-0.3, -0.25) is 4.90 Å². The van der Waals surface area contributed by atoms with E-state index in [0.717, 1.165) is 18.7 Å². The van der Waals surface area contributed by atoms with Crippen molar-refractivity contribution in [2.24, 2.45) is 0 Å². The molecule has 1 fully saturated rings. The Morgan fingerprint density at radius 3 is 3.00 bits per heavy atom. The van der Waals surface area contributed by atoms with Crippen LogP contribution in [0.2, 0.25) is 0 Å². The predicted molar refractivity (Wildman–Crippen MR) is 71.1 cm³/mol. The lowest BCUT2D eigenvalue weighted by molar-refractivity contribution is -0.130. The number of carboxylic acid groups (broad SMARTS) is 1. The Balaban J connectivity index is 2.15. The van der Waals surface area contributed by atoms with E-state index in [0.29, 0.717) is 6.54 Å². The zero-order chi connectivity index (χ0) is 14.0. The summed E-state index contributed by atoms with van der Waals surface area (Å²) in [5, 5.41) is 9.14. The smallest absolute Gasteiger partial charge is 0.354 e. The van der Waals surface area contributed by atoms with Crippen LogP contribution in [0, 0.1) is 0 Å². The number of aromatic nitrogens is 1. The zero-order valence-corrected chi connectivity index (χ0v) is 11.6. The minimum absolute atomic E-state index is 0.138. The van der Waals surface area contributed by atoms with Crippen molar-refractivity contribution in [1.29, 1.82) is 0 Å². The number of rotatable bonds is 3. The topological polar surface area (TPSA) is 62.7 Å². The summed E-state index contributed by atoms with van der Waals surface area (Å²) in [6.07, 6.45) is 1.66. The third kappa shape index (κ3) is 3.52. The number of carboxylic acids is 1. The lowest BCUT2D eigenvalue weighted by Gasteiger charge is -2.41. The summed E-state index contributed by atoms with van der Waals surface area (Å²) >= 11 is 0. The molecule has 1 saturated heterocycles. The van der Waals surface area contributed by atoms with Crippen LogP contribution in [-0.4, -0.2) is 45.8 Å². The number of morpholine rings is 1. The van der Waals surface area contributed by atoms with Crippen molar-refractivity contribution in [1.82, 2.24) is 9.88 Å². The van der Waals surface area contributed by atoms with E-state index < -0.39 is 5.97 Å². The monoisotopic (exact) mass is 264 g/mol. The lowest BCUT2D eigenvalue weighted by Crippen LogP contribution is -2.51.